The lowest BCUT2D eigenvalue weighted by molar-refractivity contribution is -0.931. The number of nitrogens with one attached hydrogen (secondary N) is 3. The minimum atomic E-state index is -0.494. The highest BCUT2D eigenvalue weighted by Gasteiger charge is 2.36. The van der Waals surface area contributed by atoms with Crippen LogP contribution in [0.3, 0.4) is 0 Å². The van der Waals surface area contributed by atoms with Gasteiger partial charge < -0.3 is 20.3 Å². The first kappa shape index (κ1) is 20.9. The first-order chi connectivity index (χ1) is 13.9. The molecule has 0 spiro atoms. The maximum absolute atomic E-state index is 12.3. The molecule has 1 saturated heterocycles. The van der Waals surface area contributed by atoms with Gasteiger partial charge >= 0.3 is 5.97 Å². The lowest BCUT2D eigenvalue weighted by Crippen LogP contribution is -3.18. The van der Waals surface area contributed by atoms with Gasteiger partial charge in [-0.2, -0.15) is 0 Å². The van der Waals surface area contributed by atoms with E-state index in [1.165, 1.54) is 18.4 Å². The number of aryl methyl sites for hydroxylation is 1. The van der Waals surface area contributed by atoms with Crippen LogP contribution in [0.25, 0.3) is 0 Å². The van der Waals surface area contributed by atoms with Crippen LogP contribution in [0.1, 0.15) is 22.7 Å². The van der Waals surface area contributed by atoms with E-state index in [-0.39, 0.29) is 24.7 Å². The fraction of sp³-hybridized carbons (Fsp3) is 0.400. The summed E-state index contributed by atoms with van der Waals surface area (Å²) in [6.45, 7) is 3.77. The molecule has 1 fully saturated rings. The van der Waals surface area contributed by atoms with Crippen LogP contribution in [-0.2, 0) is 32.1 Å². The quantitative estimate of drug-likeness (QED) is 0.554. The van der Waals surface area contributed by atoms with Gasteiger partial charge in [0.1, 0.15) is 23.7 Å². The molecule has 0 aliphatic carbocycles. The van der Waals surface area contributed by atoms with E-state index >= 15 is 0 Å². The third-order valence-corrected chi connectivity index (χ3v) is 5.71. The van der Waals surface area contributed by atoms with Gasteiger partial charge in [-0.15, -0.1) is 11.3 Å². The first-order valence-electron chi connectivity index (χ1n) is 9.43. The van der Waals surface area contributed by atoms with Gasteiger partial charge in [0.05, 0.1) is 26.6 Å². The highest BCUT2D eigenvalue weighted by atomic mass is 32.1. The number of methoxy groups -OCH3 is 1. The van der Waals surface area contributed by atoms with Crippen LogP contribution in [0.15, 0.2) is 29.6 Å². The number of rotatable bonds is 7. The molecular weight excluding hydrogens is 392 g/mol. The second kappa shape index (κ2) is 9.62. The predicted octanol–water partition coefficient (Wildman–Crippen LogP) is 0.0791. The molecule has 1 aliphatic rings. The number of quaternary nitrogens is 1. The second-order valence-electron chi connectivity index (χ2n) is 7.03. The van der Waals surface area contributed by atoms with Gasteiger partial charge in [-0.1, -0.05) is 17.7 Å². The molecule has 1 unspecified atom stereocenters. The summed E-state index contributed by atoms with van der Waals surface area (Å²) in [5.74, 6) is -0.677. The molecule has 0 radical (unpaired) electrons. The third kappa shape index (κ3) is 5.85. The van der Waals surface area contributed by atoms with E-state index in [1.54, 1.807) is 0 Å². The molecule has 3 rings (SSSR count). The summed E-state index contributed by atoms with van der Waals surface area (Å²) in [5.41, 5.74) is 2.70. The molecule has 2 heterocycles. The first-order valence-corrected chi connectivity index (χ1v) is 10.3. The van der Waals surface area contributed by atoms with Gasteiger partial charge in [-0.05, 0) is 19.1 Å². The summed E-state index contributed by atoms with van der Waals surface area (Å²) in [6.07, 6.45) is 0.230. The maximum Gasteiger partial charge on any atom is 0.312 e. The maximum atomic E-state index is 12.3. The molecule has 0 saturated carbocycles. The van der Waals surface area contributed by atoms with Crippen molar-refractivity contribution in [3.05, 3.63) is 45.9 Å². The van der Waals surface area contributed by atoms with Crippen LogP contribution in [0.5, 0.6) is 0 Å². The van der Waals surface area contributed by atoms with Crippen molar-refractivity contribution in [3.63, 3.8) is 0 Å². The van der Waals surface area contributed by atoms with Crippen molar-refractivity contribution in [1.82, 2.24) is 10.3 Å². The number of nitrogens with zero attached hydrogens (tertiary/aromatic N) is 1. The molecule has 8 nitrogen and oxygen atoms in total. The molecule has 9 heteroatoms. The number of hydrogen-bond acceptors (Lipinski definition) is 6. The van der Waals surface area contributed by atoms with Crippen molar-refractivity contribution in [2.75, 3.05) is 25.5 Å². The number of amides is 2. The van der Waals surface area contributed by atoms with Gasteiger partial charge in [0, 0.05) is 11.1 Å². The van der Waals surface area contributed by atoms with Crippen LogP contribution < -0.4 is 15.5 Å². The summed E-state index contributed by atoms with van der Waals surface area (Å²) in [4.78, 5) is 41.6. The number of piperazine rings is 1. The minimum Gasteiger partial charge on any atom is -0.469 e. The standard InChI is InChI=1S/C20H24N4O4S/c1-13-3-5-14(6-4-13)22-17(25)10-18-23-15(12-29-18)11-24-8-7-21-20(27)16(24)9-19(26)28-2/h3-6,12,16H,7-11H2,1-2H3,(H,21,27)(H,22,25)/p+1/t16-/m0/s1. The normalized spacial score (nSPS) is 18.8. The van der Waals surface area contributed by atoms with Crippen molar-refractivity contribution in [3.8, 4) is 0 Å². The van der Waals surface area contributed by atoms with Gasteiger partial charge in [0.25, 0.3) is 5.91 Å². The molecule has 2 amide bonds. The largest absolute Gasteiger partial charge is 0.469 e. The van der Waals surface area contributed by atoms with Crippen LogP contribution >= 0.6 is 11.3 Å². The highest BCUT2D eigenvalue weighted by molar-refractivity contribution is 7.09. The molecule has 1 aromatic heterocycles. The van der Waals surface area contributed by atoms with Gasteiger partial charge in [0.15, 0.2) is 6.04 Å². The fourth-order valence-corrected chi connectivity index (χ4v) is 4.04. The van der Waals surface area contributed by atoms with E-state index < -0.39 is 12.0 Å². The zero-order valence-corrected chi connectivity index (χ0v) is 17.3. The van der Waals surface area contributed by atoms with Gasteiger partial charge in [-0.3, -0.25) is 14.4 Å². The van der Waals surface area contributed by atoms with Gasteiger partial charge in [0.2, 0.25) is 5.91 Å². The number of hydrogen-bond donors (Lipinski definition) is 3. The number of esters is 1. The molecule has 2 aromatic rings. The molecule has 1 aromatic carbocycles. The Kier molecular flexibility index (Phi) is 6.95. The van der Waals surface area contributed by atoms with Crippen LogP contribution in [0, 0.1) is 6.92 Å². The number of carbonyl (C=O) groups is 3. The molecule has 3 N–H and O–H groups in total. The van der Waals surface area contributed by atoms with E-state index in [4.69, 9.17) is 4.74 Å². The Morgan fingerprint density at radius 3 is 2.83 bits per heavy atom. The van der Waals surface area contributed by atoms with E-state index in [0.717, 1.165) is 26.9 Å². The second-order valence-corrected chi connectivity index (χ2v) is 7.98. The van der Waals surface area contributed by atoms with Crippen molar-refractivity contribution in [2.45, 2.75) is 32.4 Å². The van der Waals surface area contributed by atoms with Crippen LogP contribution in [-0.4, -0.2) is 49.0 Å². The van der Waals surface area contributed by atoms with Crippen molar-refractivity contribution >= 4 is 34.8 Å². The number of anilines is 1. The summed E-state index contributed by atoms with van der Waals surface area (Å²) < 4.78 is 4.71. The highest BCUT2D eigenvalue weighted by Crippen LogP contribution is 2.13. The number of thiazole rings is 1. The summed E-state index contributed by atoms with van der Waals surface area (Å²) in [5, 5.41) is 8.29. The average molecular weight is 418 g/mol. The molecular formula is C20H25N4O4S+. The molecule has 2 atom stereocenters. The zero-order valence-electron chi connectivity index (χ0n) is 16.5. The van der Waals surface area contributed by atoms with Crippen molar-refractivity contribution in [2.24, 2.45) is 0 Å². The number of carbonyl (C=O) groups excluding carboxylic acids is 3. The molecule has 1 aliphatic heterocycles. The molecule has 0 bridgehead atoms. The summed E-state index contributed by atoms with van der Waals surface area (Å²) in [7, 11) is 1.32. The Morgan fingerprint density at radius 1 is 1.34 bits per heavy atom. The number of benzene rings is 1. The number of aromatic nitrogens is 1. The predicted molar refractivity (Wildman–Crippen MR) is 109 cm³/mol. The smallest absolute Gasteiger partial charge is 0.312 e. The lowest BCUT2D eigenvalue weighted by atomic mass is 10.1. The summed E-state index contributed by atoms with van der Waals surface area (Å²) >= 11 is 1.42. The Bertz CT molecular complexity index is 881. The molecule has 154 valence electrons. The van der Waals surface area contributed by atoms with Gasteiger partial charge in [-0.25, -0.2) is 4.98 Å². The van der Waals surface area contributed by atoms with Crippen LogP contribution in [0.2, 0.25) is 0 Å². The Labute approximate surface area is 173 Å². The van der Waals surface area contributed by atoms with Crippen LogP contribution in [0.4, 0.5) is 5.69 Å². The van der Waals surface area contributed by atoms with E-state index in [1.807, 2.05) is 36.6 Å². The van der Waals surface area contributed by atoms with Crippen molar-refractivity contribution < 1.29 is 24.0 Å². The lowest BCUT2D eigenvalue weighted by Gasteiger charge is -2.30. The Balaban J connectivity index is 1.58. The number of ether oxygens (including phenoxy) is 1. The van der Waals surface area contributed by atoms with E-state index in [2.05, 4.69) is 15.6 Å². The van der Waals surface area contributed by atoms with Crippen molar-refractivity contribution in [1.29, 1.82) is 0 Å². The zero-order chi connectivity index (χ0) is 20.8. The van der Waals surface area contributed by atoms with E-state index in [0.29, 0.717) is 19.6 Å². The fourth-order valence-electron chi connectivity index (χ4n) is 3.25. The van der Waals surface area contributed by atoms with E-state index in [9.17, 15) is 14.4 Å². The average Bonchev–Trinajstić information content (AvgIpc) is 3.12. The summed E-state index contributed by atoms with van der Waals surface area (Å²) in [6, 6.07) is 7.13. The minimum absolute atomic E-state index is 0.0353. The topological polar surface area (TPSA) is 102 Å². The SMILES string of the molecule is COC(=O)C[C@H]1C(=O)NCC[NH+]1Cc1csc(CC(=O)Nc2ccc(C)cc2)n1. The Hall–Kier alpha value is -2.78. The Morgan fingerprint density at radius 2 is 2.10 bits per heavy atom. The monoisotopic (exact) mass is 417 g/mol. The third-order valence-electron chi connectivity index (χ3n) is 4.81. The molecule has 29 heavy (non-hydrogen) atoms.